The van der Waals surface area contributed by atoms with E-state index in [4.69, 9.17) is 9.47 Å². The van der Waals surface area contributed by atoms with E-state index in [1.807, 2.05) is 0 Å². The highest BCUT2D eigenvalue weighted by molar-refractivity contribution is 7.89. The van der Waals surface area contributed by atoms with E-state index in [0.717, 1.165) is 0 Å². The van der Waals surface area contributed by atoms with E-state index in [-0.39, 0.29) is 29.9 Å². The van der Waals surface area contributed by atoms with Gasteiger partial charge in [-0.1, -0.05) is 6.92 Å². The molecule has 0 spiro atoms. The van der Waals surface area contributed by atoms with Crippen molar-refractivity contribution < 1.29 is 31.1 Å². The Kier molecular flexibility index (Phi) is 5.39. The second-order valence-electron chi connectivity index (χ2n) is 7.29. The predicted octanol–water partition coefficient (Wildman–Crippen LogP) is 2.68. The maximum atomic E-state index is 13.4. The molecule has 3 heterocycles. The zero-order valence-electron chi connectivity index (χ0n) is 16.2. The molecule has 1 saturated heterocycles. The van der Waals surface area contributed by atoms with Crippen LogP contribution in [0.25, 0.3) is 10.9 Å². The fourth-order valence-electron chi connectivity index (χ4n) is 3.66. The molecular formula is C18H21F3N4O4S. The van der Waals surface area contributed by atoms with Crippen molar-refractivity contribution in [3.8, 4) is 11.5 Å². The van der Waals surface area contributed by atoms with E-state index in [1.54, 1.807) is 17.9 Å². The molecule has 12 heteroatoms. The molecule has 1 aromatic heterocycles. The number of hydrogen-bond donors (Lipinski definition) is 1. The summed E-state index contributed by atoms with van der Waals surface area (Å²) in [6.45, 7) is 2.49. The number of aromatic nitrogens is 2. The fourth-order valence-corrected chi connectivity index (χ4v) is 5.06. The Morgan fingerprint density at radius 3 is 2.47 bits per heavy atom. The van der Waals surface area contributed by atoms with Crippen LogP contribution in [0.4, 0.5) is 19.0 Å². The number of alkyl halides is 3. The lowest BCUT2D eigenvalue weighted by Gasteiger charge is -2.33. The second kappa shape index (κ2) is 7.73. The topological polar surface area (TPSA) is 93.7 Å². The normalized spacial score (nSPS) is 17.7. The molecule has 2 aromatic rings. The summed E-state index contributed by atoms with van der Waals surface area (Å²) in [4.78, 5) is 9.21. The van der Waals surface area contributed by atoms with Crippen LogP contribution in [0.5, 0.6) is 11.5 Å². The van der Waals surface area contributed by atoms with Crippen molar-refractivity contribution >= 4 is 26.7 Å². The summed E-state index contributed by atoms with van der Waals surface area (Å²) in [5, 5.41) is 0.428. The first-order chi connectivity index (χ1) is 14.2. The summed E-state index contributed by atoms with van der Waals surface area (Å²) in [5.74, 6) is -0.264. The van der Waals surface area contributed by atoms with Crippen LogP contribution in [-0.2, 0) is 16.2 Å². The largest absolute Gasteiger partial charge is 0.454 e. The zero-order chi connectivity index (χ0) is 21.5. The molecule has 0 atom stereocenters. The first kappa shape index (κ1) is 20.9. The maximum Gasteiger partial charge on any atom is 0.451 e. The van der Waals surface area contributed by atoms with Gasteiger partial charge in [-0.2, -0.15) is 13.2 Å². The molecule has 8 nitrogen and oxygen atoms in total. The van der Waals surface area contributed by atoms with Crippen LogP contribution < -0.4 is 19.1 Å². The number of nitrogens with one attached hydrogen (secondary N) is 1. The Hall–Kier alpha value is -2.34. The average molecular weight is 446 g/mol. The van der Waals surface area contributed by atoms with Crippen LogP contribution in [0.3, 0.4) is 0 Å². The number of rotatable bonds is 5. The minimum absolute atomic E-state index is 0.0101. The van der Waals surface area contributed by atoms with Crippen LogP contribution in [0.15, 0.2) is 12.1 Å². The lowest BCUT2D eigenvalue weighted by atomic mass is 10.1. The Morgan fingerprint density at radius 1 is 1.17 bits per heavy atom. The van der Waals surface area contributed by atoms with Crippen molar-refractivity contribution in [3.05, 3.63) is 18.0 Å². The highest BCUT2D eigenvalue weighted by Crippen LogP contribution is 2.40. The SMILES string of the molecule is CCCS(=O)(=O)NC1CCN(c2nc(C(F)(F)F)nc3cc4c(cc23)OCO4)CC1. The number of nitrogens with zero attached hydrogens (tertiary/aromatic N) is 3. The Balaban J connectivity index is 1.64. The number of hydrogen-bond acceptors (Lipinski definition) is 7. The number of anilines is 1. The van der Waals surface area contributed by atoms with Gasteiger partial charge in [-0.15, -0.1) is 0 Å². The molecule has 0 radical (unpaired) electrons. The first-order valence-corrected chi connectivity index (χ1v) is 11.2. The maximum absolute atomic E-state index is 13.4. The van der Waals surface area contributed by atoms with Gasteiger partial charge in [-0.3, -0.25) is 0 Å². The number of halogens is 3. The lowest BCUT2D eigenvalue weighted by molar-refractivity contribution is -0.144. The van der Waals surface area contributed by atoms with Gasteiger partial charge in [0.05, 0.1) is 11.3 Å². The Morgan fingerprint density at radius 2 is 1.83 bits per heavy atom. The van der Waals surface area contributed by atoms with Crippen molar-refractivity contribution in [2.45, 2.75) is 38.4 Å². The van der Waals surface area contributed by atoms with Gasteiger partial charge in [0.25, 0.3) is 0 Å². The average Bonchev–Trinajstić information content (AvgIpc) is 3.12. The molecule has 1 aromatic carbocycles. The molecule has 0 amide bonds. The molecule has 0 saturated carbocycles. The molecule has 0 unspecified atom stereocenters. The minimum Gasteiger partial charge on any atom is -0.454 e. The molecule has 2 aliphatic heterocycles. The summed E-state index contributed by atoms with van der Waals surface area (Å²) >= 11 is 0. The zero-order valence-corrected chi connectivity index (χ0v) is 17.0. The fraction of sp³-hybridized carbons (Fsp3) is 0.556. The summed E-state index contributed by atoms with van der Waals surface area (Å²) in [6.07, 6.45) is -3.27. The van der Waals surface area contributed by atoms with Gasteiger partial charge in [0.1, 0.15) is 5.82 Å². The third kappa shape index (κ3) is 4.24. The number of sulfonamides is 1. The van der Waals surface area contributed by atoms with E-state index in [2.05, 4.69) is 14.7 Å². The number of fused-ring (bicyclic) bond motifs is 2. The van der Waals surface area contributed by atoms with Crippen LogP contribution in [-0.4, -0.2) is 50.1 Å². The van der Waals surface area contributed by atoms with Gasteiger partial charge in [0, 0.05) is 30.6 Å². The van der Waals surface area contributed by atoms with Gasteiger partial charge in [-0.05, 0) is 25.3 Å². The lowest BCUT2D eigenvalue weighted by Crippen LogP contribution is -2.45. The number of piperidine rings is 1. The molecule has 2 aliphatic rings. The molecule has 1 N–H and O–H groups in total. The molecule has 0 bridgehead atoms. The molecular weight excluding hydrogens is 425 g/mol. The van der Waals surface area contributed by atoms with Gasteiger partial charge in [-0.25, -0.2) is 23.1 Å². The summed E-state index contributed by atoms with van der Waals surface area (Å²) < 4.78 is 77.4. The molecule has 1 fully saturated rings. The molecule has 0 aliphatic carbocycles. The van der Waals surface area contributed by atoms with Crippen molar-refractivity contribution in [1.29, 1.82) is 0 Å². The number of benzene rings is 1. The van der Waals surface area contributed by atoms with Gasteiger partial charge in [0.2, 0.25) is 22.6 Å². The van der Waals surface area contributed by atoms with E-state index in [0.29, 0.717) is 49.2 Å². The third-order valence-corrected chi connectivity index (χ3v) is 6.68. The van der Waals surface area contributed by atoms with Crippen LogP contribution >= 0.6 is 0 Å². The van der Waals surface area contributed by atoms with E-state index >= 15 is 0 Å². The Bertz CT molecular complexity index is 1050. The van der Waals surface area contributed by atoms with E-state index in [1.165, 1.54) is 6.07 Å². The quantitative estimate of drug-likeness (QED) is 0.755. The van der Waals surface area contributed by atoms with Crippen molar-refractivity contribution in [1.82, 2.24) is 14.7 Å². The summed E-state index contributed by atoms with van der Waals surface area (Å²) in [5.41, 5.74) is 0.113. The van der Waals surface area contributed by atoms with Crippen molar-refractivity contribution in [2.75, 3.05) is 30.5 Å². The number of ether oxygens (including phenoxy) is 2. The monoisotopic (exact) mass is 446 g/mol. The van der Waals surface area contributed by atoms with Crippen LogP contribution in [0, 0.1) is 0 Å². The summed E-state index contributed by atoms with van der Waals surface area (Å²) in [6, 6.07) is 2.75. The van der Waals surface area contributed by atoms with Gasteiger partial charge >= 0.3 is 6.18 Å². The van der Waals surface area contributed by atoms with Crippen LogP contribution in [0.1, 0.15) is 32.0 Å². The summed E-state index contributed by atoms with van der Waals surface area (Å²) in [7, 11) is -3.35. The van der Waals surface area contributed by atoms with Crippen LogP contribution in [0.2, 0.25) is 0 Å². The molecule has 164 valence electrons. The highest BCUT2D eigenvalue weighted by atomic mass is 32.2. The molecule has 30 heavy (non-hydrogen) atoms. The first-order valence-electron chi connectivity index (χ1n) is 9.60. The van der Waals surface area contributed by atoms with Gasteiger partial charge < -0.3 is 14.4 Å². The Labute approximate surface area is 171 Å². The van der Waals surface area contributed by atoms with E-state index < -0.39 is 22.0 Å². The minimum atomic E-state index is -4.70. The smallest absolute Gasteiger partial charge is 0.451 e. The van der Waals surface area contributed by atoms with E-state index in [9.17, 15) is 21.6 Å². The predicted molar refractivity (Wildman–Crippen MR) is 103 cm³/mol. The van der Waals surface area contributed by atoms with Gasteiger partial charge in [0.15, 0.2) is 11.5 Å². The van der Waals surface area contributed by atoms with Crippen molar-refractivity contribution in [3.63, 3.8) is 0 Å². The second-order valence-corrected chi connectivity index (χ2v) is 9.16. The standard InChI is InChI=1S/C18H21F3N4O4S/c1-2-7-30(26,27)24-11-3-5-25(6-4-11)16-12-8-14-15(29-10-28-14)9-13(12)22-17(23-16)18(19,20)21/h8-9,11,24H,2-7,10H2,1H3. The van der Waals surface area contributed by atoms with Crippen molar-refractivity contribution in [2.24, 2.45) is 0 Å². The molecule has 4 rings (SSSR count). The third-order valence-electron chi connectivity index (χ3n) is 5.04. The highest BCUT2D eigenvalue weighted by Gasteiger charge is 2.37.